The van der Waals surface area contributed by atoms with E-state index in [1.807, 2.05) is 35.2 Å². The predicted octanol–water partition coefficient (Wildman–Crippen LogP) is 2.92. The van der Waals surface area contributed by atoms with Gasteiger partial charge in [0.15, 0.2) is 11.6 Å². The van der Waals surface area contributed by atoms with Gasteiger partial charge in [0, 0.05) is 44.6 Å². The summed E-state index contributed by atoms with van der Waals surface area (Å²) < 4.78 is 14.3. The summed E-state index contributed by atoms with van der Waals surface area (Å²) in [6.07, 6.45) is 6.05. The molecule has 3 aliphatic rings. The number of benzene rings is 1. The molecular weight excluding hydrogens is 411 g/mol. The Morgan fingerprint density at radius 1 is 1.09 bits per heavy atom. The van der Waals surface area contributed by atoms with Gasteiger partial charge in [-0.3, -0.25) is 14.5 Å². The standard InChI is InChI=1S/C23H25FN6O2/c24-18-15-25-23(27-21(18)29-12-4-7-20(29)31)28-13-9-17(10-14-28)22(32)30-19(8-11-26-30)16-5-2-1-3-6-16/h1-3,5-6,11,15,17,19H,4,7-10,12-14H2/t19-/m0/s1. The molecular formula is C23H25FN6O2. The average Bonchev–Trinajstić information content (AvgIpc) is 3.49. The molecule has 8 nitrogen and oxygen atoms in total. The van der Waals surface area contributed by atoms with Crippen molar-refractivity contribution in [2.75, 3.05) is 29.4 Å². The Morgan fingerprint density at radius 3 is 2.59 bits per heavy atom. The van der Waals surface area contributed by atoms with Crippen LogP contribution in [-0.2, 0) is 9.59 Å². The molecule has 2 aromatic rings. The van der Waals surface area contributed by atoms with Crippen LogP contribution >= 0.6 is 0 Å². The third-order valence-electron chi connectivity index (χ3n) is 6.41. The smallest absolute Gasteiger partial charge is 0.246 e. The Kier molecular flexibility index (Phi) is 5.55. The van der Waals surface area contributed by atoms with Crippen molar-refractivity contribution in [2.45, 2.75) is 38.1 Å². The number of halogens is 1. The number of piperidine rings is 1. The Balaban J connectivity index is 1.25. The van der Waals surface area contributed by atoms with E-state index in [1.54, 1.807) is 11.2 Å². The molecule has 4 heterocycles. The molecule has 1 aromatic heterocycles. The Labute approximate surface area is 185 Å². The third kappa shape index (κ3) is 3.83. The van der Waals surface area contributed by atoms with E-state index >= 15 is 0 Å². The van der Waals surface area contributed by atoms with Crippen LogP contribution in [-0.4, -0.2) is 52.6 Å². The fourth-order valence-corrected chi connectivity index (χ4v) is 4.65. The highest BCUT2D eigenvalue weighted by Gasteiger charge is 2.35. The first kappa shape index (κ1) is 20.5. The summed E-state index contributed by atoms with van der Waals surface area (Å²) in [5.41, 5.74) is 1.08. The summed E-state index contributed by atoms with van der Waals surface area (Å²) in [7, 11) is 0. The van der Waals surface area contributed by atoms with Crippen molar-refractivity contribution < 1.29 is 14.0 Å². The summed E-state index contributed by atoms with van der Waals surface area (Å²) in [6.45, 7) is 1.65. The molecule has 0 unspecified atom stereocenters. The summed E-state index contributed by atoms with van der Waals surface area (Å²) in [6, 6.07) is 9.91. The van der Waals surface area contributed by atoms with Crippen molar-refractivity contribution in [1.82, 2.24) is 15.0 Å². The molecule has 0 aliphatic carbocycles. The molecule has 0 spiro atoms. The van der Waals surface area contributed by atoms with E-state index < -0.39 is 5.82 Å². The summed E-state index contributed by atoms with van der Waals surface area (Å²) in [5.74, 6) is -0.352. The highest BCUT2D eigenvalue weighted by Crippen LogP contribution is 2.32. The van der Waals surface area contributed by atoms with E-state index in [-0.39, 0.29) is 29.6 Å². The van der Waals surface area contributed by atoms with Crippen LogP contribution in [0.2, 0.25) is 0 Å². The van der Waals surface area contributed by atoms with Gasteiger partial charge in [0.2, 0.25) is 17.8 Å². The number of rotatable bonds is 4. The molecule has 2 fully saturated rings. The molecule has 0 radical (unpaired) electrons. The van der Waals surface area contributed by atoms with E-state index in [9.17, 15) is 14.0 Å². The van der Waals surface area contributed by atoms with E-state index in [0.29, 0.717) is 51.3 Å². The number of amides is 2. The second-order valence-electron chi connectivity index (χ2n) is 8.39. The average molecular weight is 436 g/mol. The molecule has 9 heteroatoms. The fraction of sp³-hybridized carbons (Fsp3) is 0.435. The largest absolute Gasteiger partial charge is 0.341 e. The van der Waals surface area contributed by atoms with Crippen molar-refractivity contribution in [3.05, 3.63) is 47.9 Å². The number of aromatic nitrogens is 2. The van der Waals surface area contributed by atoms with Crippen LogP contribution in [0.5, 0.6) is 0 Å². The topological polar surface area (TPSA) is 82.0 Å². The highest BCUT2D eigenvalue weighted by atomic mass is 19.1. The van der Waals surface area contributed by atoms with Crippen LogP contribution < -0.4 is 9.80 Å². The molecule has 32 heavy (non-hydrogen) atoms. The zero-order chi connectivity index (χ0) is 22.1. The van der Waals surface area contributed by atoms with Gasteiger partial charge >= 0.3 is 0 Å². The van der Waals surface area contributed by atoms with E-state index in [1.165, 1.54) is 4.90 Å². The lowest BCUT2D eigenvalue weighted by atomic mass is 9.94. The molecule has 2 saturated heterocycles. The van der Waals surface area contributed by atoms with Crippen LogP contribution in [0.1, 0.15) is 43.7 Å². The zero-order valence-corrected chi connectivity index (χ0v) is 17.7. The van der Waals surface area contributed by atoms with Gasteiger partial charge in [0.05, 0.1) is 12.2 Å². The minimum atomic E-state index is -0.590. The number of hydrogen-bond donors (Lipinski definition) is 0. The molecule has 0 saturated carbocycles. The van der Waals surface area contributed by atoms with Crippen LogP contribution in [0, 0.1) is 11.7 Å². The number of nitrogens with zero attached hydrogens (tertiary/aromatic N) is 6. The van der Waals surface area contributed by atoms with Crippen LogP contribution in [0.3, 0.4) is 0 Å². The maximum atomic E-state index is 14.3. The fourth-order valence-electron chi connectivity index (χ4n) is 4.65. The molecule has 0 N–H and O–H groups in total. The third-order valence-corrected chi connectivity index (χ3v) is 6.41. The first-order valence-corrected chi connectivity index (χ1v) is 11.1. The number of hydrogen-bond acceptors (Lipinski definition) is 6. The summed E-state index contributed by atoms with van der Waals surface area (Å²) >= 11 is 0. The molecule has 5 rings (SSSR count). The van der Waals surface area contributed by atoms with E-state index in [0.717, 1.165) is 18.2 Å². The van der Waals surface area contributed by atoms with Gasteiger partial charge < -0.3 is 4.90 Å². The van der Waals surface area contributed by atoms with Gasteiger partial charge in [0.25, 0.3) is 0 Å². The van der Waals surface area contributed by atoms with Gasteiger partial charge in [-0.05, 0) is 24.8 Å². The van der Waals surface area contributed by atoms with Crippen molar-refractivity contribution in [1.29, 1.82) is 0 Å². The quantitative estimate of drug-likeness (QED) is 0.736. The molecule has 2 amide bonds. The van der Waals surface area contributed by atoms with Gasteiger partial charge in [-0.15, -0.1) is 0 Å². The number of anilines is 2. The molecule has 1 aromatic carbocycles. The minimum absolute atomic E-state index is 0.0376. The summed E-state index contributed by atoms with van der Waals surface area (Å²) in [4.78, 5) is 37.1. The zero-order valence-electron chi connectivity index (χ0n) is 17.7. The maximum Gasteiger partial charge on any atom is 0.246 e. The van der Waals surface area contributed by atoms with Crippen molar-refractivity contribution in [3.63, 3.8) is 0 Å². The number of hydrazone groups is 1. The lowest BCUT2D eigenvalue weighted by molar-refractivity contribution is -0.138. The normalized spacial score (nSPS) is 21.6. The van der Waals surface area contributed by atoms with Crippen molar-refractivity contribution in [3.8, 4) is 0 Å². The van der Waals surface area contributed by atoms with Gasteiger partial charge in [-0.2, -0.15) is 10.1 Å². The van der Waals surface area contributed by atoms with Crippen molar-refractivity contribution in [2.24, 2.45) is 11.0 Å². The SMILES string of the molecule is O=C1CCCN1c1nc(N2CCC(C(=O)N3N=CC[C@H]3c3ccccc3)CC2)ncc1F. The monoisotopic (exact) mass is 436 g/mol. The molecule has 166 valence electrons. The maximum absolute atomic E-state index is 14.3. The first-order valence-electron chi connectivity index (χ1n) is 11.1. The molecule has 0 bridgehead atoms. The van der Waals surface area contributed by atoms with Gasteiger partial charge in [0.1, 0.15) is 0 Å². The lowest BCUT2D eigenvalue weighted by Gasteiger charge is -2.34. The second-order valence-corrected chi connectivity index (χ2v) is 8.39. The van der Waals surface area contributed by atoms with Gasteiger partial charge in [-0.1, -0.05) is 30.3 Å². The Hall–Kier alpha value is -3.36. The van der Waals surface area contributed by atoms with E-state index in [4.69, 9.17) is 0 Å². The Bertz CT molecular complexity index is 1040. The molecule has 1 atom stereocenters. The lowest BCUT2D eigenvalue weighted by Crippen LogP contribution is -2.42. The van der Waals surface area contributed by atoms with Crippen LogP contribution in [0.15, 0.2) is 41.6 Å². The van der Waals surface area contributed by atoms with Crippen LogP contribution in [0.4, 0.5) is 16.2 Å². The highest BCUT2D eigenvalue weighted by molar-refractivity contribution is 5.94. The second kappa shape index (κ2) is 8.64. The minimum Gasteiger partial charge on any atom is -0.341 e. The first-order chi connectivity index (χ1) is 15.6. The van der Waals surface area contributed by atoms with Crippen LogP contribution in [0.25, 0.3) is 0 Å². The summed E-state index contributed by atoms with van der Waals surface area (Å²) in [5, 5.41) is 5.99. The van der Waals surface area contributed by atoms with Gasteiger partial charge in [-0.25, -0.2) is 14.4 Å². The van der Waals surface area contributed by atoms with Crippen molar-refractivity contribution >= 4 is 29.8 Å². The number of carbonyl (C=O) groups excluding carboxylic acids is 2. The van der Waals surface area contributed by atoms with E-state index in [2.05, 4.69) is 15.1 Å². The predicted molar refractivity (Wildman–Crippen MR) is 118 cm³/mol. The Morgan fingerprint density at radius 2 is 1.88 bits per heavy atom. The number of carbonyl (C=O) groups is 2. The molecule has 3 aliphatic heterocycles.